The van der Waals surface area contributed by atoms with E-state index in [2.05, 4.69) is 10.4 Å². The first-order chi connectivity index (χ1) is 11.6. The van der Waals surface area contributed by atoms with Crippen molar-refractivity contribution in [2.75, 3.05) is 11.6 Å². The third-order valence-electron chi connectivity index (χ3n) is 3.42. The van der Waals surface area contributed by atoms with Crippen molar-refractivity contribution in [3.8, 4) is 5.69 Å². The summed E-state index contributed by atoms with van der Waals surface area (Å²) in [4.78, 5) is 12.4. The number of hydrogen-bond acceptors (Lipinski definition) is 3. The summed E-state index contributed by atoms with van der Waals surface area (Å²) in [5, 5.41) is 7.07. The van der Waals surface area contributed by atoms with Crippen molar-refractivity contribution >= 4 is 22.4 Å². The fraction of sp³-hybridized carbons (Fsp3) is 0.111. The Morgan fingerprint density at radius 1 is 1.17 bits per heavy atom. The van der Waals surface area contributed by atoms with Gasteiger partial charge in [0.05, 0.1) is 17.4 Å². The summed E-state index contributed by atoms with van der Waals surface area (Å²) >= 11 is 0. The van der Waals surface area contributed by atoms with Crippen LogP contribution < -0.4 is 5.32 Å². The van der Waals surface area contributed by atoms with Gasteiger partial charge in [-0.05, 0) is 29.8 Å². The van der Waals surface area contributed by atoms with E-state index in [4.69, 9.17) is 0 Å². The number of amides is 1. The standard InChI is InChI=1S/C18H17N3O2S/c1-24(23)13-14-6-5-7-16(10-14)20-18(22)15-11-19-21(12-15)17-8-3-2-4-9-17/h2-12H,13H2,1H3,(H,20,22)/t24-/m0/s1. The number of nitrogens with zero attached hydrogens (tertiary/aromatic N) is 2. The van der Waals surface area contributed by atoms with Crippen LogP contribution in [0.25, 0.3) is 5.69 Å². The van der Waals surface area contributed by atoms with Gasteiger partial charge in [-0.3, -0.25) is 9.00 Å². The summed E-state index contributed by atoms with van der Waals surface area (Å²) in [6.45, 7) is 0. The van der Waals surface area contributed by atoms with Gasteiger partial charge in [0.2, 0.25) is 0 Å². The molecule has 1 aromatic heterocycles. The number of nitrogens with one attached hydrogen (secondary N) is 1. The minimum Gasteiger partial charge on any atom is -0.322 e. The summed E-state index contributed by atoms with van der Waals surface area (Å²) in [6, 6.07) is 17.0. The van der Waals surface area contributed by atoms with Crippen LogP contribution in [0.3, 0.4) is 0 Å². The van der Waals surface area contributed by atoms with E-state index in [0.717, 1.165) is 11.3 Å². The van der Waals surface area contributed by atoms with Crippen LogP contribution in [-0.4, -0.2) is 26.2 Å². The molecule has 1 N–H and O–H groups in total. The van der Waals surface area contributed by atoms with E-state index in [1.54, 1.807) is 17.1 Å². The van der Waals surface area contributed by atoms with Crippen LogP contribution in [0.5, 0.6) is 0 Å². The molecule has 24 heavy (non-hydrogen) atoms. The molecule has 1 heterocycles. The van der Waals surface area contributed by atoms with E-state index in [1.165, 1.54) is 6.20 Å². The molecule has 3 aromatic rings. The Kier molecular flexibility index (Phi) is 4.86. The van der Waals surface area contributed by atoms with Crippen molar-refractivity contribution in [1.29, 1.82) is 0 Å². The molecule has 0 saturated carbocycles. The van der Waals surface area contributed by atoms with Gasteiger partial charge in [0.25, 0.3) is 5.91 Å². The van der Waals surface area contributed by atoms with Gasteiger partial charge in [0.15, 0.2) is 0 Å². The molecule has 0 unspecified atom stereocenters. The van der Waals surface area contributed by atoms with Crippen LogP contribution in [0, 0.1) is 0 Å². The van der Waals surface area contributed by atoms with Gasteiger partial charge < -0.3 is 5.32 Å². The molecule has 5 nitrogen and oxygen atoms in total. The lowest BCUT2D eigenvalue weighted by atomic mass is 10.2. The van der Waals surface area contributed by atoms with E-state index in [1.807, 2.05) is 54.6 Å². The number of aromatic nitrogens is 2. The molecule has 0 aliphatic carbocycles. The molecule has 0 radical (unpaired) electrons. The van der Waals surface area contributed by atoms with Crippen LogP contribution in [0.2, 0.25) is 0 Å². The highest BCUT2D eigenvalue weighted by atomic mass is 32.2. The monoisotopic (exact) mass is 339 g/mol. The average Bonchev–Trinajstić information content (AvgIpc) is 3.05. The molecule has 0 saturated heterocycles. The number of benzene rings is 2. The molecule has 3 rings (SSSR count). The zero-order valence-electron chi connectivity index (χ0n) is 13.2. The third-order valence-corrected chi connectivity index (χ3v) is 4.16. The molecule has 0 aliphatic heterocycles. The molecule has 1 amide bonds. The van der Waals surface area contributed by atoms with Gasteiger partial charge in [-0.15, -0.1) is 0 Å². The van der Waals surface area contributed by atoms with Crippen LogP contribution in [-0.2, 0) is 16.6 Å². The summed E-state index contributed by atoms with van der Waals surface area (Å²) in [7, 11) is -0.917. The maximum absolute atomic E-state index is 12.4. The molecule has 2 aromatic carbocycles. The largest absolute Gasteiger partial charge is 0.322 e. The highest BCUT2D eigenvalue weighted by molar-refractivity contribution is 7.83. The van der Waals surface area contributed by atoms with E-state index < -0.39 is 10.8 Å². The summed E-state index contributed by atoms with van der Waals surface area (Å²) < 4.78 is 13.0. The zero-order valence-corrected chi connectivity index (χ0v) is 14.0. The number of hydrogen-bond donors (Lipinski definition) is 1. The van der Waals surface area contributed by atoms with Gasteiger partial charge in [-0.2, -0.15) is 5.10 Å². The SMILES string of the molecule is C[S@](=O)Cc1cccc(NC(=O)c2cnn(-c3ccccc3)c2)c1. The number of rotatable bonds is 5. The predicted octanol–water partition coefficient (Wildman–Crippen LogP) is 3.00. The Bertz CT molecular complexity index is 875. The number of carbonyl (C=O) groups is 1. The summed E-state index contributed by atoms with van der Waals surface area (Å²) in [6.07, 6.45) is 4.88. The fourth-order valence-electron chi connectivity index (χ4n) is 2.34. The molecule has 0 fully saturated rings. The predicted molar refractivity (Wildman–Crippen MR) is 95.7 cm³/mol. The molecular formula is C18H17N3O2S. The van der Waals surface area contributed by atoms with Gasteiger partial charge in [0, 0.05) is 34.7 Å². The van der Waals surface area contributed by atoms with Crippen LogP contribution in [0.15, 0.2) is 67.0 Å². The molecule has 1 atom stereocenters. The molecule has 0 bridgehead atoms. The molecular weight excluding hydrogens is 322 g/mol. The van der Waals surface area contributed by atoms with Crippen molar-refractivity contribution in [2.45, 2.75) is 5.75 Å². The molecule has 122 valence electrons. The zero-order chi connectivity index (χ0) is 16.9. The average molecular weight is 339 g/mol. The second-order valence-electron chi connectivity index (χ2n) is 5.38. The Morgan fingerprint density at radius 2 is 1.96 bits per heavy atom. The lowest BCUT2D eigenvalue weighted by molar-refractivity contribution is 0.102. The Hall–Kier alpha value is -2.73. The first-order valence-electron chi connectivity index (χ1n) is 7.42. The lowest BCUT2D eigenvalue weighted by Gasteiger charge is -2.06. The second kappa shape index (κ2) is 7.23. The number of para-hydroxylation sites is 1. The van der Waals surface area contributed by atoms with Gasteiger partial charge in [-0.25, -0.2) is 4.68 Å². The lowest BCUT2D eigenvalue weighted by Crippen LogP contribution is -2.11. The Balaban J connectivity index is 1.74. The van der Waals surface area contributed by atoms with Crippen LogP contribution in [0.4, 0.5) is 5.69 Å². The first-order valence-corrected chi connectivity index (χ1v) is 9.15. The van der Waals surface area contributed by atoms with E-state index in [0.29, 0.717) is 17.0 Å². The van der Waals surface area contributed by atoms with Gasteiger partial charge >= 0.3 is 0 Å². The van der Waals surface area contributed by atoms with Crippen LogP contribution >= 0.6 is 0 Å². The summed E-state index contributed by atoms with van der Waals surface area (Å²) in [5.74, 6) is 0.238. The van der Waals surface area contributed by atoms with Crippen molar-refractivity contribution in [2.24, 2.45) is 0 Å². The normalized spacial score (nSPS) is 11.9. The third kappa shape index (κ3) is 3.97. The quantitative estimate of drug-likeness (QED) is 0.777. The topological polar surface area (TPSA) is 64.0 Å². The Labute approximate surface area is 142 Å². The minimum atomic E-state index is -0.917. The highest BCUT2D eigenvalue weighted by Crippen LogP contribution is 2.14. The maximum atomic E-state index is 12.4. The first kappa shape index (κ1) is 16.1. The van der Waals surface area contributed by atoms with Crippen molar-refractivity contribution in [3.63, 3.8) is 0 Å². The summed E-state index contributed by atoms with van der Waals surface area (Å²) in [5.41, 5.74) is 2.97. The smallest absolute Gasteiger partial charge is 0.258 e. The molecule has 0 aliphatic rings. The Morgan fingerprint density at radius 3 is 2.71 bits per heavy atom. The van der Waals surface area contributed by atoms with Crippen molar-refractivity contribution in [3.05, 3.63) is 78.1 Å². The molecule has 0 spiro atoms. The van der Waals surface area contributed by atoms with E-state index in [9.17, 15) is 9.00 Å². The number of carbonyl (C=O) groups excluding carboxylic acids is 1. The van der Waals surface area contributed by atoms with E-state index in [-0.39, 0.29) is 5.91 Å². The fourth-order valence-corrected chi connectivity index (χ4v) is 2.99. The second-order valence-corrected chi connectivity index (χ2v) is 6.82. The van der Waals surface area contributed by atoms with Crippen LogP contribution in [0.1, 0.15) is 15.9 Å². The van der Waals surface area contributed by atoms with Gasteiger partial charge in [0.1, 0.15) is 0 Å². The highest BCUT2D eigenvalue weighted by Gasteiger charge is 2.10. The van der Waals surface area contributed by atoms with E-state index >= 15 is 0 Å². The van der Waals surface area contributed by atoms with Crippen molar-refractivity contribution < 1.29 is 9.00 Å². The molecule has 6 heteroatoms. The van der Waals surface area contributed by atoms with Crippen molar-refractivity contribution in [1.82, 2.24) is 9.78 Å². The minimum absolute atomic E-state index is 0.230. The number of anilines is 1. The van der Waals surface area contributed by atoms with Gasteiger partial charge in [-0.1, -0.05) is 30.3 Å². The maximum Gasteiger partial charge on any atom is 0.258 e.